The smallest absolute Gasteiger partial charge is 0.161 e. The number of hydrogen-bond donors (Lipinski definition) is 0. The van der Waals surface area contributed by atoms with E-state index in [-0.39, 0.29) is 11.5 Å². The second-order valence-corrected chi connectivity index (χ2v) is 8.36. The molecule has 0 aliphatic rings. The van der Waals surface area contributed by atoms with Gasteiger partial charge in [0.2, 0.25) is 0 Å². The predicted octanol–water partition coefficient (Wildman–Crippen LogP) is 3.15. The third kappa shape index (κ3) is 4.49. The molecule has 0 unspecified atom stereocenters. The lowest BCUT2D eigenvalue weighted by molar-refractivity contribution is 0.392. The minimum atomic E-state index is -3.31. The average molecular weight is 348 g/mol. The van der Waals surface area contributed by atoms with Gasteiger partial charge in [-0.15, -0.1) is 11.3 Å². The van der Waals surface area contributed by atoms with E-state index in [1.165, 1.54) is 11.3 Å². The first kappa shape index (κ1) is 15.9. The zero-order valence-corrected chi connectivity index (χ0v) is 14.2. The van der Waals surface area contributed by atoms with Crippen LogP contribution in [-0.4, -0.2) is 18.6 Å². The van der Waals surface area contributed by atoms with Crippen LogP contribution in [0.5, 0.6) is 0 Å². The summed E-state index contributed by atoms with van der Waals surface area (Å²) in [6, 6.07) is 11.6. The van der Waals surface area contributed by atoms with Crippen molar-refractivity contribution in [2.75, 3.05) is 0 Å². The fraction of sp³-hybridized carbons (Fsp3) is 0.250. The molecule has 3 rings (SSSR count). The van der Waals surface area contributed by atoms with Crippen molar-refractivity contribution in [2.45, 2.75) is 24.9 Å². The Morgan fingerprint density at radius 1 is 1.13 bits per heavy atom. The fourth-order valence-electron chi connectivity index (χ4n) is 2.25. The summed E-state index contributed by atoms with van der Waals surface area (Å²) in [5.41, 5.74) is 2.18. The van der Waals surface area contributed by atoms with Crippen molar-refractivity contribution in [1.82, 2.24) is 10.1 Å². The van der Waals surface area contributed by atoms with E-state index in [0.29, 0.717) is 23.6 Å². The van der Waals surface area contributed by atoms with Crippen LogP contribution in [0.25, 0.3) is 0 Å². The number of aryl methyl sites for hydroxylation is 1. The van der Waals surface area contributed by atoms with E-state index in [1.54, 1.807) is 13.0 Å². The third-order valence-corrected chi connectivity index (χ3v) is 5.58. The number of thiazole rings is 1. The molecule has 0 saturated carbocycles. The maximum absolute atomic E-state index is 12.2. The molecule has 0 spiro atoms. The van der Waals surface area contributed by atoms with E-state index in [4.69, 9.17) is 4.52 Å². The number of nitrogens with zero attached hydrogens (tertiary/aromatic N) is 2. The third-order valence-electron chi connectivity index (χ3n) is 3.21. The highest BCUT2D eigenvalue weighted by atomic mass is 32.2. The van der Waals surface area contributed by atoms with E-state index in [2.05, 4.69) is 10.1 Å². The lowest BCUT2D eigenvalue weighted by Gasteiger charge is -1.99. The molecule has 2 heterocycles. The largest absolute Gasteiger partial charge is 0.361 e. The highest BCUT2D eigenvalue weighted by Crippen LogP contribution is 2.18. The van der Waals surface area contributed by atoms with E-state index in [9.17, 15) is 8.42 Å². The molecule has 120 valence electrons. The van der Waals surface area contributed by atoms with Gasteiger partial charge in [0.05, 0.1) is 27.9 Å². The Bertz CT molecular complexity index is 883. The standard InChI is InChI=1S/C16H16N2O3S2/c1-12-7-14(18-21-12)10-23(19,20)11-15-9-22-16(17-15)8-13-5-3-2-4-6-13/h2-7,9H,8,10-11H2,1H3. The van der Waals surface area contributed by atoms with Gasteiger partial charge in [0, 0.05) is 17.9 Å². The van der Waals surface area contributed by atoms with Gasteiger partial charge in [-0.05, 0) is 12.5 Å². The van der Waals surface area contributed by atoms with Gasteiger partial charge < -0.3 is 4.52 Å². The number of sulfone groups is 1. The zero-order valence-electron chi connectivity index (χ0n) is 12.6. The zero-order chi connectivity index (χ0) is 16.3. The van der Waals surface area contributed by atoms with E-state index in [1.807, 2.05) is 35.7 Å². The monoisotopic (exact) mass is 348 g/mol. The van der Waals surface area contributed by atoms with Crippen LogP contribution in [0.4, 0.5) is 0 Å². The summed E-state index contributed by atoms with van der Waals surface area (Å²) in [5, 5.41) is 6.46. The lowest BCUT2D eigenvalue weighted by atomic mass is 10.2. The topological polar surface area (TPSA) is 73.1 Å². The van der Waals surface area contributed by atoms with Gasteiger partial charge in [0.25, 0.3) is 0 Å². The number of hydrogen-bond acceptors (Lipinski definition) is 6. The molecule has 5 nitrogen and oxygen atoms in total. The Hall–Kier alpha value is -1.99. The second-order valence-electron chi connectivity index (χ2n) is 5.36. The minimum Gasteiger partial charge on any atom is -0.361 e. The molecule has 0 fully saturated rings. The molecule has 0 amide bonds. The summed E-state index contributed by atoms with van der Waals surface area (Å²) in [6.45, 7) is 1.74. The van der Waals surface area contributed by atoms with E-state index >= 15 is 0 Å². The van der Waals surface area contributed by atoms with Crippen LogP contribution in [-0.2, 0) is 27.8 Å². The quantitative estimate of drug-likeness (QED) is 0.684. The van der Waals surface area contributed by atoms with Crippen molar-refractivity contribution in [1.29, 1.82) is 0 Å². The summed E-state index contributed by atoms with van der Waals surface area (Å²) in [6.07, 6.45) is 0.716. The SMILES string of the molecule is Cc1cc(CS(=O)(=O)Cc2csc(Cc3ccccc3)n2)no1. The highest BCUT2D eigenvalue weighted by molar-refractivity contribution is 7.89. The molecule has 1 aromatic carbocycles. The summed E-state index contributed by atoms with van der Waals surface area (Å²) >= 11 is 1.49. The van der Waals surface area contributed by atoms with Crippen LogP contribution < -0.4 is 0 Å². The van der Waals surface area contributed by atoms with Crippen molar-refractivity contribution in [2.24, 2.45) is 0 Å². The van der Waals surface area contributed by atoms with Crippen molar-refractivity contribution >= 4 is 21.2 Å². The Kier molecular flexibility index (Phi) is 4.58. The Balaban J connectivity index is 1.66. The molecule has 0 N–H and O–H groups in total. The van der Waals surface area contributed by atoms with E-state index < -0.39 is 9.84 Å². The summed E-state index contributed by atoms with van der Waals surface area (Å²) < 4.78 is 29.4. The summed E-state index contributed by atoms with van der Waals surface area (Å²) in [5.74, 6) is 0.397. The van der Waals surface area contributed by atoms with Gasteiger partial charge in [0.1, 0.15) is 5.76 Å². The Morgan fingerprint density at radius 2 is 1.87 bits per heavy atom. The fourth-order valence-corrected chi connectivity index (χ4v) is 4.48. The maximum atomic E-state index is 12.2. The van der Waals surface area contributed by atoms with Gasteiger partial charge in [-0.25, -0.2) is 13.4 Å². The van der Waals surface area contributed by atoms with Crippen LogP contribution in [0.3, 0.4) is 0 Å². The van der Waals surface area contributed by atoms with Crippen molar-refractivity contribution in [3.8, 4) is 0 Å². The minimum absolute atomic E-state index is 0.0792. The number of aromatic nitrogens is 2. The van der Waals surface area contributed by atoms with Crippen LogP contribution in [0, 0.1) is 6.92 Å². The maximum Gasteiger partial charge on any atom is 0.161 e. The summed E-state index contributed by atoms with van der Waals surface area (Å²) in [4.78, 5) is 4.43. The molecule has 0 atom stereocenters. The first-order chi connectivity index (χ1) is 11.0. The van der Waals surface area contributed by atoms with Crippen LogP contribution in [0.15, 0.2) is 46.3 Å². The normalized spacial score (nSPS) is 11.7. The Morgan fingerprint density at radius 3 is 2.57 bits per heavy atom. The molecular weight excluding hydrogens is 332 g/mol. The Labute approximate surface area is 138 Å². The molecule has 3 aromatic rings. The van der Waals surface area contributed by atoms with Gasteiger partial charge >= 0.3 is 0 Å². The van der Waals surface area contributed by atoms with E-state index in [0.717, 1.165) is 10.6 Å². The first-order valence-electron chi connectivity index (χ1n) is 7.10. The molecule has 0 saturated heterocycles. The number of benzene rings is 1. The van der Waals surface area contributed by atoms with Gasteiger partial charge in [0.15, 0.2) is 9.84 Å². The predicted molar refractivity (Wildman–Crippen MR) is 88.9 cm³/mol. The second kappa shape index (κ2) is 6.64. The van der Waals surface area contributed by atoms with Gasteiger partial charge in [-0.3, -0.25) is 0 Å². The van der Waals surface area contributed by atoms with Gasteiger partial charge in [-0.1, -0.05) is 35.5 Å². The average Bonchev–Trinajstić information content (AvgIpc) is 3.08. The lowest BCUT2D eigenvalue weighted by Crippen LogP contribution is -2.08. The molecule has 7 heteroatoms. The van der Waals surface area contributed by atoms with Crippen LogP contribution >= 0.6 is 11.3 Å². The number of rotatable bonds is 6. The molecule has 0 radical (unpaired) electrons. The van der Waals surface area contributed by atoms with Crippen molar-refractivity contribution in [3.63, 3.8) is 0 Å². The molecule has 0 bridgehead atoms. The molecule has 23 heavy (non-hydrogen) atoms. The molecular formula is C16H16N2O3S2. The molecule has 0 aliphatic carbocycles. The van der Waals surface area contributed by atoms with Crippen LogP contribution in [0.2, 0.25) is 0 Å². The van der Waals surface area contributed by atoms with Crippen molar-refractivity contribution < 1.29 is 12.9 Å². The van der Waals surface area contributed by atoms with Crippen LogP contribution in [0.1, 0.15) is 27.7 Å². The highest BCUT2D eigenvalue weighted by Gasteiger charge is 2.17. The van der Waals surface area contributed by atoms with Crippen molar-refractivity contribution in [3.05, 3.63) is 69.5 Å². The molecule has 2 aromatic heterocycles. The first-order valence-corrected chi connectivity index (χ1v) is 9.80. The molecule has 0 aliphatic heterocycles. The van der Waals surface area contributed by atoms with Gasteiger partial charge in [-0.2, -0.15) is 0 Å². The summed E-state index contributed by atoms with van der Waals surface area (Å²) in [7, 11) is -3.31.